The Hall–Kier alpha value is -0.000000000000000167. The van der Waals surface area contributed by atoms with Crippen molar-refractivity contribution in [2.45, 2.75) is 31.7 Å². The average Bonchev–Trinajstić information content (AvgIpc) is 2.66. The van der Waals surface area contributed by atoms with Gasteiger partial charge < -0.3 is 4.90 Å². The Morgan fingerprint density at radius 3 is 2.84 bits per heavy atom. The van der Waals surface area contributed by atoms with Crippen LogP contribution in [0.3, 0.4) is 0 Å². The van der Waals surface area contributed by atoms with Gasteiger partial charge in [0.1, 0.15) is 0 Å². The van der Waals surface area contributed by atoms with E-state index in [4.69, 9.17) is 23.2 Å². The van der Waals surface area contributed by atoms with Gasteiger partial charge in [0.2, 0.25) is 0 Å². The molecule has 0 aliphatic carbocycles. The van der Waals surface area contributed by atoms with Gasteiger partial charge in [-0.25, -0.2) is 0 Å². The minimum Gasteiger partial charge on any atom is -0.334 e. The van der Waals surface area contributed by atoms with Crippen LogP contribution in [0, 0.1) is 3.57 Å². The molecule has 2 nitrogen and oxygen atoms in total. The Bertz CT molecular complexity index is 467. The van der Waals surface area contributed by atoms with E-state index in [2.05, 4.69) is 22.6 Å². The van der Waals surface area contributed by atoms with E-state index in [0.717, 1.165) is 29.4 Å². The largest absolute Gasteiger partial charge is 0.334 e. The van der Waals surface area contributed by atoms with Crippen LogP contribution in [0.5, 0.6) is 0 Å². The molecule has 1 aliphatic rings. The van der Waals surface area contributed by atoms with Crippen LogP contribution in [-0.4, -0.2) is 29.3 Å². The highest BCUT2D eigenvalue weighted by atomic mass is 127. The van der Waals surface area contributed by atoms with Gasteiger partial charge in [-0.2, -0.15) is 0 Å². The standard InChI is InChI=1S/C14H16Cl2INO/c15-9-11-4-2-1-3-7-18(11)14(19)10-5-6-13(17)12(16)8-10/h5-6,8,11H,1-4,7,9H2. The Balaban J connectivity index is 2.22. The number of carbonyl (C=O) groups is 1. The SMILES string of the molecule is O=C(c1ccc(I)c(Cl)c1)N1CCCCCC1CCl. The van der Waals surface area contributed by atoms with E-state index < -0.39 is 0 Å². The van der Waals surface area contributed by atoms with E-state index in [-0.39, 0.29) is 11.9 Å². The number of likely N-dealkylation sites (tertiary alicyclic amines) is 1. The highest BCUT2D eigenvalue weighted by Gasteiger charge is 2.25. The van der Waals surface area contributed by atoms with Crippen molar-refractivity contribution in [3.63, 3.8) is 0 Å². The van der Waals surface area contributed by atoms with Crippen molar-refractivity contribution in [1.82, 2.24) is 4.90 Å². The second-order valence-electron chi connectivity index (χ2n) is 4.78. The maximum absolute atomic E-state index is 12.6. The fourth-order valence-corrected chi connectivity index (χ4v) is 3.24. The first kappa shape index (κ1) is 15.4. The van der Waals surface area contributed by atoms with Crippen LogP contribution >= 0.6 is 45.8 Å². The molecule has 1 atom stereocenters. The summed E-state index contributed by atoms with van der Waals surface area (Å²) >= 11 is 14.3. The molecule has 0 aromatic heterocycles. The highest BCUT2D eigenvalue weighted by molar-refractivity contribution is 14.1. The highest BCUT2D eigenvalue weighted by Crippen LogP contribution is 2.24. The average molecular weight is 412 g/mol. The number of rotatable bonds is 2. The van der Waals surface area contributed by atoms with Crippen molar-refractivity contribution in [1.29, 1.82) is 0 Å². The molecule has 1 aromatic rings. The zero-order valence-electron chi connectivity index (χ0n) is 10.5. The van der Waals surface area contributed by atoms with Crippen molar-refractivity contribution >= 4 is 51.7 Å². The van der Waals surface area contributed by atoms with Gasteiger partial charge >= 0.3 is 0 Å². The topological polar surface area (TPSA) is 20.3 Å². The molecule has 1 amide bonds. The van der Waals surface area contributed by atoms with Crippen LogP contribution in [-0.2, 0) is 0 Å². The number of alkyl halides is 1. The summed E-state index contributed by atoms with van der Waals surface area (Å²) in [6.45, 7) is 0.791. The van der Waals surface area contributed by atoms with Gasteiger partial charge in [-0.3, -0.25) is 4.79 Å². The van der Waals surface area contributed by atoms with Gasteiger partial charge in [-0.15, -0.1) is 11.6 Å². The third kappa shape index (κ3) is 3.76. The second-order valence-corrected chi connectivity index (χ2v) is 6.66. The third-order valence-electron chi connectivity index (χ3n) is 3.48. The minimum atomic E-state index is 0.0471. The molecule has 5 heteroatoms. The normalized spacial score (nSPS) is 20.2. The fraction of sp³-hybridized carbons (Fsp3) is 0.500. The maximum atomic E-state index is 12.6. The summed E-state index contributed by atoms with van der Waals surface area (Å²) < 4.78 is 0.959. The minimum absolute atomic E-state index is 0.0471. The first-order valence-electron chi connectivity index (χ1n) is 6.45. The van der Waals surface area contributed by atoms with Crippen LogP contribution in [0.15, 0.2) is 18.2 Å². The maximum Gasteiger partial charge on any atom is 0.254 e. The summed E-state index contributed by atoms with van der Waals surface area (Å²) in [5, 5.41) is 0.628. The zero-order chi connectivity index (χ0) is 13.8. The third-order valence-corrected chi connectivity index (χ3v) is 5.41. The summed E-state index contributed by atoms with van der Waals surface area (Å²) in [4.78, 5) is 14.5. The number of hydrogen-bond acceptors (Lipinski definition) is 1. The zero-order valence-corrected chi connectivity index (χ0v) is 14.2. The van der Waals surface area contributed by atoms with Gasteiger partial charge in [0.05, 0.1) is 5.02 Å². The predicted molar refractivity (Wildman–Crippen MR) is 88.2 cm³/mol. The monoisotopic (exact) mass is 411 g/mol. The first-order valence-corrected chi connectivity index (χ1v) is 8.44. The Kier molecular flexibility index (Phi) is 5.78. The molecule has 1 aromatic carbocycles. The molecule has 0 bridgehead atoms. The van der Waals surface area contributed by atoms with Crippen molar-refractivity contribution in [3.05, 3.63) is 32.4 Å². The van der Waals surface area contributed by atoms with E-state index in [1.807, 2.05) is 17.0 Å². The first-order chi connectivity index (χ1) is 9.13. The van der Waals surface area contributed by atoms with Gasteiger partial charge in [0.15, 0.2) is 0 Å². The van der Waals surface area contributed by atoms with Crippen LogP contribution < -0.4 is 0 Å². The molecule has 0 spiro atoms. The summed E-state index contributed by atoms with van der Waals surface area (Å²) in [5.41, 5.74) is 0.655. The van der Waals surface area contributed by atoms with Crippen LogP contribution in [0.2, 0.25) is 5.02 Å². The summed E-state index contributed by atoms with van der Waals surface area (Å²) in [6, 6.07) is 5.62. The number of amides is 1. The van der Waals surface area contributed by atoms with Gasteiger partial charge in [-0.1, -0.05) is 24.4 Å². The molecular formula is C14H16Cl2INO. The van der Waals surface area contributed by atoms with Crippen molar-refractivity contribution in [2.75, 3.05) is 12.4 Å². The van der Waals surface area contributed by atoms with Gasteiger partial charge in [0, 0.05) is 27.6 Å². The van der Waals surface area contributed by atoms with E-state index in [1.165, 1.54) is 6.42 Å². The van der Waals surface area contributed by atoms with Crippen LogP contribution in [0.4, 0.5) is 0 Å². The molecule has 0 radical (unpaired) electrons. The molecule has 2 rings (SSSR count). The summed E-state index contributed by atoms with van der Waals surface area (Å²) in [6.07, 6.45) is 4.36. The number of carbonyl (C=O) groups excluding carboxylic acids is 1. The lowest BCUT2D eigenvalue weighted by Crippen LogP contribution is -2.41. The lowest BCUT2D eigenvalue weighted by Gasteiger charge is -2.28. The Labute approximate surface area is 137 Å². The smallest absolute Gasteiger partial charge is 0.254 e. The van der Waals surface area contributed by atoms with Gasteiger partial charge in [0.25, 0.3) is 5.91 Å². The predicted octanol–water partition coefficient (Wildman–Crippen LogP) is 4.57. The van der Waals surface area contributed by atoms with Crippen LogP contribution in [0.1, 0.15) is 36.0 Å². The molecule has 0 saturated carbocycles. The Morgan fingerprint density at radius 2 is 2.16 bits per heavy atom. The number of hydrogen-bond donors (Lipinski definition) is 0. The molecule has 1 unspecified atom stereocenters. The molecule has 104 valence electrons. The molecule has 1 aliphatic heterocycles. The number of benzene rings is 1. The van der Waals surface area contributed by atoms with E-state index in [9.17, 15) is 4.79 Å². The lowest BCUT2D eigenvalue weighted by molar-refractivity contribution is 0.0700. The number of nitrogens with zero attached hydrogens (tertiary/aromatic N) is 1. The lowest BCUT2D eigenvalue weighted by atomic mass is 10.1. The summed E-state index contributed by atoms with van der Waals surface area (Å²) in [5.74, 6) is 0.551. The molecule has 1 saturated heterocycles. The Morgan fingerprint density at radius 1 is 1.37 bits per heavy atom. The van der Waals surface area contributed by atoms with Crippen LogP contribution in [0.25, 0.3) is 0 Å². The molecule has 19 heavy (non-hydrogen) atoms. The molecule has 1 fully saturated rings. The number of halogens is 3. The second kappa shape index (κ2) is 7.14. The molecular weight excluding hydrogens is 396 g/mol. The van der Waals surface area contributed by atoms with E-state index in [1.54, 1.807) is 6.07 Å². The fourth-order valence-electron chi connectivity index (χ4n) is 2.40. The van der Waals surface area contributed by atoms with Crippen molar-refractivity contribution < 1.29 is 4.79 Å². The molecule has 1 heterocycles. The van der Waals surface area contributed by atoms with E-state index >= 15 is 0 Å². The van der Waals surface area contributed by atoms with Crippen molar-refractivity contribution in [2.24, 2.45) is 0 Å². The quantitative estimate of drug-likeness (QED) is 0.515. The van der Waals surface area contributed by atoms with Crippen molar-refractivity contribution in [3.8, 4) is 0 Å². The summed E-state index contributed by atoms with van der Waals surface area (Å²) in [7, 11) is 0. The van der Waals surface area contributed by atoms with Gasteiger partial charge in [-0.05, 0) is 53.6 Å². The van der Waals surface area contributed by atoms with E-state index in [0.29, 0.717) is 16.5 Å². The molecule has 0 N–H and O–H groups in total.